The molecule has 0 bridgehead atoms. The first kappa shape index (κ1) is 17.3. The number of hydrogen-bond donors (Lipinski definition) is 1. The highest BCUT2D eigenvalue weighted by Crippen LogP contribution is 2.29. The lowest BCUT2D eigenvalue weighted by atomic mass is 9.93. The molecule has 1 saturated heterocycles. The Morgan fingerprint density at radius 3 is 2.92 bits per heavy atom. The van der Waals surface area contributed by atoms with Gasteiger partial charge in [0.2, 0.25) is 0 Å². The second-order valence-electron chi connectivity index (χ2n) is 6.52. The molecule has 0 radical (unpaired) electrons. The van der Waals surface area contributed by atoms with E-state index in [1.165, 1.54) is 13.2 Å². The van der Waals surface area contributed by atoms with Crippen LogP contribution in [0, 0.1) is 18.7 Å². The minimum Gasteiger partial charge on any atom is -0.494 e. The van der Waals surface area contributed by atoms with Crippen LogP contribution in [0.5, 0.6) is 5.75 Å². The van der Waals surface area contributed by atoms with E-state index in [4.69, 9.17) is 4.74 Å². The average Bonchev–Trinajstić information content (AvgIpc) is 3.12. The van der Waals surface area contributed by atoms with Crippen molar-refractivity contribution in [3.05, 3.63) is 42.2 Å². The van der Waals surface area contributed by atoms with E-state index in [0.717, 1.165) is 12.0 Å². The first-order valence-electron chi connectivity index (χ1n) is 8.37. The van der Waals surface area contributed by atoms with Crippen LogP contribution >= 0.6 is 0 Å². The van der Waals surface area contributed by atoms with Crippen LogP contribution in [0.3, 0.4) is 0 Å². The van der Waals surface area contributed by atoms with Gasteiger partial charge in [-0.1, -0.05) is 6.92 Å². The second-order valence-corrected chi connectivity index (χ2v) is 6.52. The van der Waals surface area contributed by atoms with E-state index in [1.54, 1.807) is 23.5 Å². The molecule has 1 aliphatic rings. The van der Waals surface area contributed by atoms with Gasteiger partial charge < -0.3 is 19.5 Å². The fraction of sp³-hybridized carbons (Fsp3) is 0.444. The number of carbonyl (C=O) groups is 1. The molecule has 2 unspecified atom stereocenters. The number of halogens is 1. The molecule has 1 fully saturated rings. The molecule has 1 aliphatic heterocycles. The average molecular weight is 346 g/mol. The van der Waals surface area contributed by atoms with Crippen LogP contribution in [0.25, 0.3) is 0 Å². The molecule has 0 saturated carbocycles. The summed E-state index contributed by atoms with van der Waals surface area (Å²) in [4.78, 5) is 18.5. The van der Waals surface area contributed by atoms with Gasteiger partial charge in [0.1, 0.15) is 0 Å². The molecular weight excluding hydrogens is 323 g/mol. The number of nitrogens with zero attached hydrogens (tertiary/aromatic N) is 3. The monoisotopic (exact) mass is 346 g/mol. The van der Waals surface area contributed by atoms with Gasteiger partial charge in [-0.25, -0.2) is 14.2 Å². The number of nitrogens with one attached hydrogen (secondary N) is 1. The number of benzene rings is 1. The fourth-order valence-corrected chi connectivity index (χ4v) is 3.23. The molecule has 7 heteroatoms. The quantitative estimate of drug-likeness (QED) is 0.926. The number of hydrogen-bond acceptors (Lipinski definition) is 3. The van der Waals surface area contributed by atoms with Crippen molar-refractivity contribution in [3.8, 4) is 5.75 Å². The van der Waals surface area contributed by atoms with Crippen LogP contribution in [0.1, 0.15) is 24.9 Å². The van der Waals surface area contributed by atoms with Crippen LogP contribution in [0.4, 0.5) is 14.9 Å². The Hall–Kier alpha value is -2.57. The summed E-state index contributed by atoms with van der Waals surface area (Å²) in [7, 11) is 1.42. The lowest BCUT2D eigenvalue weighted by Crippen LogP contribution is -2.45. The van der Waals surface area contributed by atoms with Gasteiger partial charge in [-0.2, -0.15) is 0 Å². The second kappa shape index (κ2) is 7.13. The first-order valence-corrected chi connectivity index (χ1v) is 8.37. The maximum Gasteiger partial charge on any atom is 0.321 e. The number of rotatable bonds is 3. The molecule has 25 heavy (non-hydrogen) atoms. The maximum absolute atomic E-state index is 13.9. The van der Waals surface area contributed by atoms with Crippen LogP contribution in [0.2, 0.25) is 0 Å². The van der Waals surface area contributed by atoms with Gasteiger partial charge in [0.15, 0.2) is 11.6 Å². The van der Waals surface area contributed by atoms with Crippen molar-refractivity contribution in [2.75, 3.05) is 25.5 Å². The Morgan fingerprint density at radius 2 is 2.24 bits per heavy atom. The van der Waals surface area contributed by atoms with Crippen LogP contribution in [-0.4, -0.2) is 40.7 Å². The molecule has 1 N–H and O–H groups in total. The Morgan fingerprint density at radius 1 is 1.44 bits per heavy atom. The molecule has 2 amide bonds. The van der Waals surface area contributed by atoms with Crippen molar-refractivity contribution in [3.63, 3.8) is 0 Å². The van der Waals surface area contributed by atoms with E-state index >= 15 is 0 Å². The van der Waals surface area contributed by atoms with Gasteiger partial charge in [0.05, 0.1) is 19.5 Å². The van der Waals surface area contributed by atoms with E-state index in [-0.39, 0.29) is 17.8 Å². The Labute approximate surface area is 146 Å². The number of carbonyl (C=O) groups excluding carboxylic acids is 1. The van der Waals surface area contributed by atoms with E-state index in [1.807, 2.05) is 17.7 Å². The SMILES string of the molecule is COc1cc(C)c(NC(=O)N2CCC(C)C(n3ccnc3)C2)cc1F. The van der Waals surface area contributed by atoms with Crippen molar-refractivity contribution < 1.29 is 13.9 Å². The van der Waals surface area contributed by atoms with Crippen molar-refractivity contribution in [1.29, 1.82) is 0 Å². The van der Waals surface area contributed by atoms with Crippen molar-refractivity contribution >= 4 is 11.7 Å². The number of piperidine rings is 1. The first-order chi connectivity index (χ1) is 12.0. The van der Waals surface area contributed by atoms with Crippen molar-refractivity contribution in [2.45, 2.75) is 26.3 Å². The summed E-state index contributed by atoms with van der Waals surface area (Å²) in [5, 5.41) is 2.82. The topological polar surface area (TPSA) is 59.4 Å². The molecule has 2 heterocycles. The number of methoxy groups -OCH3 is 1. The summed E-state index contributed by atoms with van der Waals surface area (Å²) in [5.74, 6) is 0.132. The number of aryl methyl sites for hydroxylation is 1. The highest BCUT2D eigenvalue weighted by Gasteiger charge is 2.30. The Kier molecular flexibility index (Phi) is 4.92. The summed E-state index contributed by atoms with van der Waals surface area (Å²) in [5.41, 5.74) is 1.21. The molecular formula is C18H23FN4O2. The number of imidazole rings is 1. The van der Waals surface area contributed by atoms with Gasteiger partial charge in [-0.05, 0) is 30.9 Å². The number of aromatic nitrogens is 2. The summed E-state index contributed by atoms with van der Waals surface area (Å²) in [6.45, 7) is 5.27. The number of amides is 2. The van der Waals surface area contributed by atoms with Crippen molar-refractivity contribution in [1.82, 2.24) is 14.5 Å². The molecule has 2 atom stereocenters. The van der Waals surface area contributed by atoms with Gasteiger partial charge in [0.25, 0.3) is 0 Å². The minimum atomic E-state index is -0.494. The van der Waals surface area contributed by atoms with Gasteiger partial charge in [0, 0.05) is 37.2 Å². The third kappa shape index (κ3) is 3.60. The molecule has 3 rings (SSSR count). The molecule has 0 spiro atoms. The van der Waals surface area contributed by atoms with Gasteiger partial charge >= 0.3 is 6.03 Å². The summed E-state index contributed by atoms with van der Waals surface area (Å²) >= 11 is 0. The number of anilines is 1. The molecule has 134 valence electrons. The predicted molar refractivity (Wildman–Crippen MR) is 93.3 cm³/mol. The third-order valence-electron chi connectivity index (χ3n) is 4.85. The lowest BCUT2D eigenvalue weighted by Gasteiger charge is -2.37. The number of ether oxygens (including phenoxy) is 1. The van der Waals surface area contributed by atoms with E-state index in [2.05, 4.69) is 17.2 Å². The fourth-order valence-electron chi connectivity index (χ4n) is 3.23. The van der Waals surface area contributed by atoms with Crippen LogP contribution < -0.4 is 10.1 Å². The van der Waals surface area contributed by atoms with Crippen LogP contribution in [-0.2, 0) is 0 Å². The van der Waals surface area contributed by atoms with Crippen molar-refractivity contribution in [2.24, 2.45) is 5.92 Å². The zero-order valence-corrected chi connectivity index (χ0v) is 14.7. The predicted octanol–water partition coefficient (Wildman–Crippen LogP) is 3.45. The lowest BCUT2D eigenvalue weighted by molar-refractivity contribution is 0.149. The minimum absolute atomic E-state index is 0.169. The van der Waals surface area contributed by atoms with Gasteiger partial charge in [-0.3, -0.25) is 0 Å². The number of urea groups is 1. The maximum atomic E-state index is 13.9. The molecule has 6 nitrogen and oxygen atoms in total. The molecule has 1 aromatic heterocycles. The molecule has 2 aromatic rings. The van der Waals surface area contributed by atoms with Crippen LogP contribution in [0.15, 0.2) is 30.9 Å². The summed E-state index contributed by atoms with van der Waals surface area (Å²) in [6.07, 6.45) is 6.36. The Balaban J connectivity index is 1.72. The molecule has 0 aliphatic carbocycles. The largest absolute Gasteiger partial charge is 0.494 e. The highest BCUT2D eigenvalue weighted by atomic mass is 19.1. The zero-order valence-electron chi connectivity index (χ0n) is 14.7. The van der Waals surface area contributed by atoms with E-state index in [9.17, 15) is 9.18 Å². The normalized spacial score (nSPS) is 20.4. The zero-order chi connectivity index (χ0) is 18.0. The van der Waals surface area contributed by atoms with E-state index < -0.39 is 5.82 Å². The Bertz CT molecular complexity index is 748. The summed E-state index contributed by atoms with van der Waals surface area (Å²) < 4.78 is 20.9. The molecule has 1 aromatic carbocycles. The highest BCUT2D eigenvalue weighted by molar-refractivity contribution is 5.90. The standard InChI is InChI=1S/C18H23FN4O2/c1-12-4-6-22(10-16(12)23-7-5-20-11-23)18(24)21-15-9-14(19)17(25-3)8-13(15)2/h5,7-9,11-12,16H,4,6,10H2,1-3H3,(H,21,24). The number of likely N-dealkylation sites (tertiary alicyclic amines) is 1. The smallest absolute Gasteiger partial charge is 0.321 e. The van der Waals surface area contributed by atoms with Gasteiger partial charge in [-0.15, -0.1) is 0 Å². The van der Waals surface area contributed by atoms with E-state index in [0.29, 0.717) is 24.7 Å². The third-order valence-corrected chi connectivity index (χ3v) is 4.85. The summed E-state index contributed by atoms with van der Waals surface area (Å²) in [6, 6.07) is 2.85.